The van der Waals surface area contributed by atoms with Crippen molar-refractivity contribution < 1.29 is 0 Å². The van der Waals surface area contributed by atoms with Gasteiger partial charge in [0.2, 0.25) is 0 Å². The van der Waals surface area contributed by atoms with Crippen LogP contribution >= 0.6 is 45.3 Å². The molecule has 3 aromatic carbocycles. The second-order valence-corrected chi connectivity index (χ2v) is 16.9. The lowest BCUT2D eigenvalue weighted by Gasteiger charge is -2.43. The molecule has 0 fully saturated rings. The smallest absolute Gasteiger partial charge is 0.0950 e. The highest BCUT2D eigenvalue weighted by Crippen LogP contribution is 2.55. The molecule has 0 saturated heterocycles. The molecule has 0 saturated carbocycles. The van der Waals surface area contributed by atoms with Crippen molar-refractivity contribution in [3.05, 3.63) is 112 Å². The second-order valence-electron chi connectivity index (χ2n) is 13.2. The van der Waals surface area contributed by atoms with Gasteiger partial charge in [-0.1, -0.05) is 77.2 Å². The Morgan fingerprint density at radius 2 is 1.83 bits per heavy atom. The van der Waals surface area contributed by atoms with Crippen molar-refractivity contribution in [3.63, 3.8) is 0 Å². The molecule has 0 N–H and O–H groups in total. The van der Waals surface area contributed by atoms with Crippen LogP contribution in [-0.4, -0.2) is 9.97 Å². The summed E-state index contributed by atoms with van der Waals surface area (Å²) in [6, 6.07) is 25.9. The summed E-state index contributed by atoms with van der Waals surface area (Å²) in [5.74, 6) is 0.150. The number of nitrogens with zero attached hydrogens (tertiary/aromatic N) is 3. The van der Waals surface area contributed by atoms with Crippen LogP contribution in [0, 0.1) is 28.6 Å². The van der Waals surface area contributed by atoms with E-state index in [1.54, 1.807) is 0 Å². The van der Waals surface area contributed by atoms with Gasteiger partial charge in [0.1, 0.15) is 0 Å². The zero-order chi connectivity index (χ0) is 31.2. The van der Waals surface area contributed by atoms with E-state index in [1.807, 2.05) is 22.7 Å². The van der Waals surface area contributed by atoms with Gasteiger partial charge in [-0.25, -0.2) is 0 Å². The van der Waals surface area contributed by atoms with Crippen LogP contribution in [0.15, 0.2) is 90.2 Å². The molecule has 0 radical (unpaired) electrons. The van der Waals surface area contributed by atoms with Crippen molar-refractivity contribution in [2.75, 3.05) is 4.90 Å². The maximum atomic E-state index is 10.1. The Hall–Kier alpha value is -3.69. The SMILES string of the molecule is CC12C=CC(I)CC1N(C1=CC(C#N)CCC1c1ccc3sc4c(ccc5c6c(sc54)C=CCC(C#N)=C6)c3c1)c1ccccc12. The predicted molar refractivity (Wildman–Crippen MR) is 203 cm³/mol. The largest absolute Gasteiger partial charge is 0.340 e. The number of anilines is 1. The quantitative estimate of drug-likeness (QED) is 0.103. The second kappa shape index (κ2) is 10.7. The lowest BCUT2D eigenvalue weighted by molar-refractivity contribution is 0.425. The first kappa shape index (κ1) is 28.5. The average Bonchev–Trinajstić information content (AvgIpc) is 3.65. The third-order valence-electron chi connectivity index (χ3n) is 10.6. The average molecular weight is 744 g/mol. The summed E-state index contributed by atoms with van der Waals surface area (Å²) < 4.78 is 4.43. The Morgan fingerprint density at radius 3 is 2.70 bits per heavy atom. The fourth-order valence-electron chi connectivity index (χ4n) is 8.35. The Morgan fingerprint density at radius 1 is 0.978 bits per heavy atom. The van der Waals surface area contributed by atoms with Gasteiger partial charge < -0.3 is 4.90 Å². The molecule has 6 heteroatoms. The van der Waals surface area contributed by atoms with Crippen molar-refractivity contribution in [1.29, 1.82) is 10.5 Å². The van der Waals surface area contributed by atoms with E-state index < -0.39 is 0 Å². The van der Waals surface area contributed by atoms with Gasteiger partial charge in [0.25, 0.3) is 0 Å². The van der Waals surface area contributed by atoms with Crippen molar-refractivity contribution in [2.45, 2.75) is 53.9 Å². The molecule has 0 amide bonds. The van der Waals surface area contributed by atoms with Gasteiger partial charge in [-0.15, -0.1) is 22.7 Å². The first-order valence-corrected chi connectivity index (χ1v) is 18.9. The minimum Gasteiger partial charge on any atom is -0.340 e. The number of alkyl halides is 1. The van der Waals surface area contributed by atoms with E-state index >= 15 is 0 Å². The minimum atomic E-state index is -0.0718. The van der Waals surface area contributed by atoms with Gasteiger partial charge in [-0.05, 0) is 73.7 Å². The molecule has 3 aliphatic carbocycles. The highest BCUT2D eigenvalue weighted by atomic mass is 127. The molecule has 5 unspecified atom stereocenters. The summed E-state index contributed by atoms with van der Waals surface area (Å²) in [6.45, 7) is 2.40. The van der Waals surface area contributed by atoms with E-state index in [9.17, 15) is 10.5 Å². The zero-order valence-corrected chi connectivity index (χ0v) is 29.1. The van der Waals surface area contributed by atoms with Crippen molar-refractivity contribution in [3.8, 4) is 12.1 Å². The summed E-state index contributed by atoms with van der Waals surface area (Å²) in [7, 11) is 0. The van der Waals surface area contributed by atoms with Gasteiger partial charge >= 0.3 is 0 Å². The third-order valence-corrected chi connectivity index (χ3v) is 14.1. The van der Waals surface area contributed by atoms with Gasteiger partial charge in [0.05, 0.1) is 27.5 Å². The van der Waals surface area contributed by atoms with Crippen LogP contribution < -0.4 is 4.90 Å². The molecule has 3 heterocycles. The summed E-state index contributed by atoms with van der Waals surface area (Å²) in [5, 5.41) is 23.6. The number of nitriles is 2. The lowest BCUT2D eigenvalue weighted by Crippen LogP contribution is -2.46. The number of fused-ring (bicyclic) bond motifs is 10. The van der Waals surface area contributed by atoms with Crippen LogP contribution in [0.4, 0.5) is 5.69 Å². The molecule has 0 bridgehead atoms. The van der Waals surface area contributed by atoms with Gasteiger partial charge in [-0.2, -0.15) is 10.5 Å². The first-order valence-electron chi connectivity index (χ1n) is 16.0. The Bertz CT molecular complexity index is 2320. The van der Waals surface area contributed by atoms with Crippen LogP contribution in [0.1, 0.15) is 60.1 Å². The molecule has 0 spiro atoms. The standard InChI is InChI=1S/C40H30IN3S2/c1-40-16-15-26(41)20-37(40)44(33-7-3-2-6-32(33)40)34-18-24(22-43)9-11-27(34)25-10-14-36-31(19-25)29-13-12-28-30-17-23(21-42)5-4-8-35(30)45-38(28)39(29)46-36/h2-4,6-8,10,12-19,24,26-27,37H,5,9,11,20H2,1H3. The monoisotopic (exact) mass is 743 g/mol. The fourth-order valence-corrected chi connectivity index (χ4v) is 11.6. The Labute approximate surface area is 290 Å². The van der Waals surface area contributed by atoms with E-state index in [4.69, 9.17) is 0 Å². The number of halogens is 1. The summed E-state index contributed by atoms with van der Waals surface area (Å²) in [6.07, 6.45) is 17.1. The Kier molecular flexibility index (Phi) is 6.62. The molecule has 2 aromatic heterocycles. The minimum absolute atomic E-state index is 0.0562. The molecular formula is C40H30IN3S2. The summed E-state index contributed by atoms with van der Waals surface area (Å²) in [5.41, 5.74) is 7.26. The highest BCUT2D eigenvalue weighted by molar-refractivity contribution is 14.1. The van der Waals surface area contributed by atoms with Crippen molar-refractivity contribution in [2.24, 2.45) is 5.92 Å². The molecule has 9 rings (SSSR count). The maximum Gasteiger partial charge on any atom is 0.0950 e. The maximum absolute atomic E-state index is 10.1. The number of rotatable bonds is 2. The fraction of sp³-hybridized carbons (Fsp3) is 0.250. The van der Waals surface area contributed by atoms with E-state index in [0.717, 1.165) is 24.8 Å². The molecule has 224 valence electrons. The van der Waals surface area contributed by atoms with E-state index in [-0.39, 0.29) is 17.3 Å². The highest BCUT2D eigenvalue weighted by Gasteiger charge is 2.50. The molecular weight excluding hydrogens is 713 g/mol. The van der Waals surface area contributed by atoms with Crippen LogP contribution in [0.3, 0.4) is 0 Å². The van der Waals surface area contributed by atoms with Crippen molar-refractivity contribution in [1.82, 2.24) is 0 Å². The molecule has 5 atom stereocenters. The number of benzene rings is 3. The third kappa shape index (κ3) is 4.16. The zero-order valence-electron chi connectivity index (χ0n) is 25.3. The molecule has 3 nitrogen and oxygen atoms in total. The normalized spacial score (nSPS) is 26.7. The molecule has 5 aromatic rings. The van der Waals surface area contributed by atoms with Gasteiger partial charge in [0.15, 0.2) is 0 Å². The first-order chi connectivity index (χ1) is 22.5. The summed E-state index contributed by atoms with van der Waals surface area (Å²) in [4.78, 5) is 3.87. The van der Waals surface area contributed by atoms with Gasteiger partial charge in [-0.3, -0.25) is 0 Å². The van der Waals surface area contributed by atoms with E-state index in [1.165, 1.54) is 63.2 Å². The number of hydrogen-bond donors (Lipinski definition) is 0. The summed E-state index contributed by atoms with van der Waals surface area (Å²) >= 11 is 6.31. The lowest BCUT2D eigenvalue weighted by atomic mass is 9.73. The predicted octanol–water partition coefficient (Wildman–Crippen LogP) is 11.4. The van der Waals surface area contributed by atoms with Crippen LogP contribution in [0.5, 0.6) is 0 Å². The van der Waals surface area contributed by atoms with E-state index in [0.29, 0.717) is 16.4 Å². The topological polar surface area (TPSA) is 50.8 Å². The Balaban J connectivity index is 1.19. The van der Waals surface area contributed by atoms with Gasteiger partial charge in [0, 0.05) is 76.0 Å². The van der Waals surface area contributed by atoms with E-state index in [2.05, 4.69) is 138 Å². The molecule has 4 aliphatic rings. The number of para-hydroxylation sites is 1. The molecule has 1 aliphatic heterocycles. The van der Waals surface area contributed by atoms with Crippen LogP contribution in [0.25, 0.3) is 42.4 Å². The van der Waals surface area contributed by atoms with Crippen LogP contribution in [0.2, 0.25) is 0 Å². The number of hydrogen-bond acceptors (Lipinski definition) is 5. The number of allylic oxidation sites excluding steroid dienone is 5. The van der Waals surface area contributed by atoms with Crippen LogP contribution in [-0.2, 0) is 5.41 Å². The number of thiophene rings is 2. The molecule has 46 heavy (non-hydrogen) atoms. The van der Waals surface area contributed by atoms with Crippen molar-refractivity contribution >= 4 is 93.4 Å².